The first-order chi connectivity index (χ1) is 10.2. The molecule has 1 unspecified atom stereocenters. The molecule has 0 bridgehead atoms. The van der Waals surface area contributed by atoms with E-state index in [4.69, 9.17) is 11.6 Å². The molecule has 1 aromatic rings. The molecule has 0 saturated carbocycles. The van der Waals surface area contributed by atoms with E-state index in [0.717, 1.165) is 5.56 Å². The van der Waals surface area contributed by atoms with Crippen molar-refractivity contribution in [2.45, 2.75) is 39.5 Å². The lowest BCUT2D eigenvalue weighted by molar-refractivity contribution is -0.150. The number of aliphatic carboxylic acids is 1. The van der Waals surface area contributed by atoms with E-state index in [9.17, 15) is 14.7 Å². The molecule has 1 aromatic carbocycles. The highest BCUT2D eigenvalue weighted by Gasteiger charge is 2.39. The van der Waals surface area contributed by atoms with Gasteiger partial charge in [-0.05, 0) is 43.4 Å². The Balaban J connectivity index is 2.21. The maximum atomic E-state index is 12.6. The molecule has 22 heavy (non-hydrogen) atoms. The third kappa shape index (κ3) is 3.27. The van der Waals surface area contributed by atoms with E-state index in [0.29, 0.717) is 35.9 Å². The van der Waals surface area contributed by atoms with E-state index >= 15 is 0 Å². The van der Waals surface area contributed by atoms with Crippen LogP contribution in [0.5, 0.6) is 0 Å². The fraction of sp³-hybridized carbons (Fsp3) is 0.529. The van der Waals surface area contributed by atoms with Crippen LogP contribution in [0.2, 0.25) is 5.02 Å². The van der Waals surface area contributed by atoms with Crippen LogP contribution in [-0.2, 0) is 4.79 Å². The van der Waals surface area contributed by atoms with Crippen LogP contribution in [0, 0.1) is 5.41 Å². The van der Waals surface area contributed by atoms with Gasteiger partial charge in [0.15, 0.2) is 0 Å². The van der Waals surface area contributed by atoms with Crippen molar-refractivity contribution in [1.82, 2.24) is 4.90 Å². The average molecular weight is 324 g/mol. The van der Waals surface area contributed by atoms with Crippen LogP contribution in [0.4, 0.5) is 0 Å². The van der Waals surface area contributed by atoms with E-state index < -0.39 is 11.4 Å². The predicted octanol–water partition coefficient (Wildman–Crippen LogP) is 3.79. The lowest BCUT2D eigenvalue weighted by Gasteiger charge is -2.37. The van der Waals surface area contributed by atoms with Crippen LogP contribution in [0.25, 0.3) is 0 Å². The zero-order valence-corrected chi connectivity index (χ0v) is 14.0. The van der Waals surface area contributed by atoms with Gasteiger partial charge >= 0.3 is 5.97 Å². The van der Waals surface area contributed by atoms with Gasteiger partial charge in [0.2, 0.25) is 0 Å². The summed E-state index contributed by atoms with van der Waals surface area (Å²) >= 11 is 6.25. The number of carboxylic acids is 1. The number of carboxylic acid groups (broad SMARTS) is 1. The fourth-order valence-corrected chi connectivity index (χ4v) is 3.30. The maximum Gasteiger partial charge on any atom is 0.311 e. The van der Waals surface area contributed by atoms with Crippen molar-refractivity contribution in [2.24, 2.45) is 5.41 Å². The van der Waals surface area contributed by atoms with Crippen molar-refractivity contribution in [3.05, 3.63) is 34.3 Å². The molecule has 0 aromatic heterocycles. The third-order valence-corrected chi connectivity index (χ3v) is 4.70. The van der Waals surface area contributed by atoms with Gasteiger partial charge in [-0.25, -0.2) is 0 Å². The number of nitrogens with zero attached hydrogens (tertiary/aromatic N) is 1. The molecular formula is C17H22ClNO3. The number of rotatable bonds is 3. The molecule has 1 N–H and O–H groups in total. The number of piperidine rings is 1. The van der Waals surface area contributed by atoms with E-state index in [2.05, 4.69) is 0 Å². The number of amides is 1. The molecule has 120 valence electrons. The summed E-state index contributed by atoms with van der Waals surface area (Å²) < 4.78 is 0. The van der Waals surface area contributed by atoms with Gasteiger partial charge in [-0.2, -0.15) is 0 Å². The second-order valence-electron chi connectivity index (χ2n) is 6.59. The van der Waals surface area contributed by atoms with Crippen LogP contribution in [-0.4, -0.2) is 35.0 Å². The van der Waals surface area contributed by atoms with E-state index in [1.54, 1.807) is 24.0 Å². The molecule has 2 rings (SSSR count). The molecule has 1 aliphatic heterocycles. The minimum Gasteiger partial charge on any atom is -0.481 e. The summed E-state index contributed by atoms with van der Waals surface area (Å²) in [6, 6.07) is 5.34. The number of benzene rings is 1. The molecule has 1 heterocycles. The zero-order chi connectivity index (χ0) is 16.5. The third-order valence-electron chi connectivity index (χ3n) is 4.37. The van der Waals surface area contributed by atoms with Crippen molar-refractivity contribution < 1.29 is 14.7 Å². The molecule has 4 nitrogen and oxygen atoms in total. The summed E-state index contributed by atoms with van der Waals surface area (Å²) in [5.74, 6) is -0.704. The SMILES string of the molecule is CC(C)c1ccc(C(=O)N2CCCC(C)(C(=O)O)C2)cc1Cl. The number of likely N-dealkylation sites (tertiary alicyclic amines) is 1. The molecule has 0 aliphatic carbocycles. The Morgan fingerprint density at radius 1 is 1.36 bits per heavy atom. The number of hydrogen-bond donors (Lipinski definition) is 1. The summed E-state index contributed by atoms with van der Waals surface area (Å²) in [7, 11) is 0. The number of carbonyl (C=O) groups is 2. The number of hydrogen-bond acceptors (Lipinski definition) is 2. The van der Waals surface area contributed by atoms with Gasteiger partial charge in [0.1, 0.15) is 0 Å². The van der Waals surface area contributed by atoms with Gasteiger partial charge in [-0.15, -0.1) is 0 Å². The Kier molecular flexibility index (Phi) is 4.81. The lowest BCUT2D eigenvalue weighted by atomic mass is 9.82. The highest BCUT2D eigenvalue weighted by Crippen LogP contribution is 2.31. The minimum absolute atomic E-state index is 0.149. The van der Waals surface area contributed by atoms with E-state index in [-0.39, 0.29) is 12.5 Å². The molecule has 0 radical (unpaired) electrons. The van der Waals surface area contributed by atoms with Gasteiger partial charge in [0.05, 0.1) is 5.41 Å². The van der Waals surface area contributed by atoms with Gasteiger partial charge in [0, 0.05) is 23.7 Å². The van der Waals surface area contributed by atoms with Crippen molar-refractivity contribution in [3.63, 3.8) is 0 Å². The van der Waals surface area contributed by atoms with Crippen LogP contribution in [0.1, 0.15) is 55.5 Å². The smallest absolute Gasteiger partial charge is 0.311 e. The average Bonchev–Trinajstić information content (AvgIpc) is 2.45. The van der Waals surface area contributed by atoms with Crippen molar-refractivity contribution in [2.75, 3.05) is 13.1 Å². The van der Waals surface area contributed by atoms with Gasteiger partial charge < -0.3 is 10.0 Å². The highest BCUT2D eigenvalue weighted by molar-refractivity contribution is 6.31. The maximum absolute atomic E-state index is 12.6. The molecule has 5 heteroatoms. The quantitative estimate of drug-likeness (QED) is 0.920. The number of carbonyl (C=O) groups excluding carboxylic acids is 1. The molecule has 1 aliphatic rings. The lowest BCUT2D eigenvalue weighted by Crippen LogP contribution is -2.48. The van der Waals surface area contributed by atoms with Crippen molar-refractivity contribution >= 4 is 23.5 Å². The molecule has 1 saturated heterocycles. The van der Waals surface area contributed by atoms with Crippen molar-refractivity contribution in [3.8, 4) is 0 Å². The van der Waals surface area contributed by atoms with Crippen molar-refractivity contribution in [1.29, 1.82) is 0 Å². The van der Waals surface area contributed by atoms with Gasteiger partial charge in [-0.3, -0.25) is 9.59 Å². The van der Waals surface area contributed by atoms with Gasteiger partial charge in [-0.1, -0.05) is 31.5 Å². The van der Waals surface area contributed by atoms with E-state index in [1.807, 2.05) is 19.9 Å². The first-order valence-electron chi connectivity index (χ1n) is 7.57. The molecule has 0 spiro atoms. The summed E-state index contributed by atoms with van der Waals surface area (Å²) in [6.45, 7) is 6.62. The standard InChI is InChI=1S/C17H22ClNO3/c1-11(2)13-6-5-12(9-14(13)18)15(20)19-8-4-7-17(3,10-19)16(21)22/h5-6,9,11H,4,7-8,10H2,1-3H3,(H,21,22). The first kappa shape index (κ1) is 16.8. The zero-order valence-electron chi connectivity index (χ0n) is 13.2. The summed E-state index contributed by atoms with van der Waals surface area (Å²) in [4.78, 5) is 25.6. The Morgan fingerprint density at radius 2 is 2.05 bits per heavy atom. The molecule has 1 fully saturated rings. The monoisotopic (exact) mass is 323 g/mol. The first-order valence-corrected chi connectivity index (χ1v) is 7.94. The summed E-state index contributed by atoms with van der Waals surface area (Å²) in [5.41, 5.74) is 0.659. The Labute approximate surface area is 136 Å². The predicted molar refractivity (Wildman–Crippen MR) is 86.4 cm³/mol. The van der Waals surface area contributed by atoms with Gasteiger partial charge in [0.25, 0.3) is 5.91 Å². The van der Waals surface area contributed by atoms with Crippen LogP contribution in [0.3, 0.4) is 0 Å². The largest absolute Gasteiger partial charge is 0.481 e. The second-order valence-corrected chi connectivity index (χ2v) is 6.99. The highest BCUT2D eigenvalue weighted by atomic mass is 35.5. The van der Waals surface area contributed by atoms with Crippen LogP contribution >= 0.6 is 11.6 Å². The fourth-order valence-electron chi connectivity index (χ4n) is 2.90. The van der Waals surface area contributed by atoms with E-state index in [1.165, 1.54) is 0 Å². The number of halogens is 1. The molecule has 1 amide bonds. The molecule has 1 atom stereocenters. The summed E-state index contributed by atoms with van der Waals surface area (Å²) in [6.07, 6.45) is 1.30. The summed E-state index contributed by atoms with van der Waals surface area (Å²) in [5, 5.41) is 9.93. The Hall–Kier alpha value is -1.55. The normalized spacial score (nSPS) is 22.0. The minimum atomic E-state index is -0.865. The topological polar surface area (TPSA) is 57.6 Å². The van der Waals surface area contributed by atoms with Crippen LogP contribution < -0.4 is 0 Å². The Morgan fingerprint density at radius 3 is 2.59 bits per heavy atom. The molecular weight excluding hydrogens is 302 g/mol. The second kappa shape index (κ2) is 6.29. The Bertz CT molecular complexity index is 600. The van der Waals surface area contributed by atoms with Crippen LogP contribution in [0.15, 0.2) is 18.2 Å².